The zero-order chi connectivity index (χ0) is 22.5. The van der Waals surface area contributed by atoms with Gasteiger partial charge >= 0.3 is 5.97 Å². The molecular formula is C23H26N4O4. The lowest BCUT2D eigenvalue weighted by Crippen LogP contribution is -2.13. The van der Waals surface area contributed by atoms with E-state index in [1.54, 1.807) is 31.2 Å². The summed E-state index contributed by atoms with van der Waals surface area (Å²) < 4.78 is 6.36. The van der Waals surface area contributed by atoms with Crippen molar-refractivity contribution in [1.29, 1.82) is 0 Å². The van der Waals surface area contributed by atoms with E-state index in [0.29, 0.717) is 10.9 Å². The van der Waals surface area contributed by atoms with Crippen molar-refractivity contribution in [2.24, 2.45) is 10.2 Å². The summed E-state index contributed by atoms with van der Waals surface area (Å²) in [4.78, 5) is 24.2. The number of anilines is 1. The number of nitrogens with zero attached hydrogens (tertiary/aromatic N) is 3. The Morgan fingerprint density at radius 2 is 1.81 bits per heavy atom. The summed E-state index contributed by atoms with van der Waals surface area (Å²) in [7, 11) is 0. The van der Waals surface area contributed by atoms with Crippen LogP contribution in [-0.2, 0) is 20.9 Å². The molecule has 0 atom stereocenters. The van der Waals surface area contributed by atoms with E-state index in [2.05, 4.69) is 15.5 Å². The van der Waals surface area contributed by atoms with Crippen LogP contribution in [0.15, 0.2) is 46.6 Å². The van der Waals surface area contributed by atoms with Crippen LogP contribution < -0.4 is 5.32 Å². The van der Waals surface area contributed by atoms with Gasteiger partial charge in [-0.25, -0.2) is 0 Å². The van der Waals surface area contributed by atoms with E-state index in [1.807, 2.05) is 32.9 Å². The Kier molecular flexibility index (Phi) is 6.69. The molecule has 0 spiro atoms. The zero-order valence-corrected chi connectivity index (χ0v) is 18.1. The van der Waals surface area contributed by atoms with Gasteiger partial charge in [-0.3, -0.25) is 14.2 Å². The molecule has 2 aromatic carbocycles. The fourth-order valence-corrected chi connectivity index (χ4v) is 3.63. The fraction of sp³-hybridized carbons (Fsp3) is 0.304. The van der Waals surface area contributed by atoms with Gasteiger partial charge in [0.15, 0.2) is 5.69 Å². The number of esters is 1. The number of nitrogens with one attached hydrogen (secondary N) is 1. The van der Waals surface area contributed by atoms with Crippen molar-refractivity contribution in [3.05, 3.63) is 53.1 Å². The van der Waals surface area contributed by atoms with Crippen molar-refractivity contribution in [2.45, 2.75) is 34.2 Å². The largest absolute Gasteiger partial charge is 0.493 e. The molecule has 1 heterocycles. The monoisotopic (exact) mass is 422 g/mol. The van der Waals surface area contributed by atoms with Crippen LogP contribution in [0.2, 0.25) is 0 Å². The van der Waals surface area contributed by atoms with Gasteiger partial charge in [-0.15, -0.1) is 10.2 Å². The molecule has 162 valence electrons. The summed E-state index contributed by atoms with van der Waals surface area (Å²) >= 11 is 0. The van der Waals surface area contributed by atoms with Gasteiger partial charge in [-0.05, 0) is 44.9 Å². The number of azo groups is 1. The minimum Gasteiger partial charge on any atom is -0.493 e. The van der Waals surface area contributed by atoms with Gasteiger partial charge in [0.2, 0.25) is 5.88 Å². The van der Waals surface area contributed by atoms with Gasteiger partial charge in [-0.1, -0.05) is 35.9 Å². The summed E-state index contributed by atoms with van der Waals surface area (Å²) in [5.74, 6) is -1.21. The number of ether oxygens (including phenoxy) is 1. The zero-order valence-electron chi connectivity index (χ0n) is 18.1. The van der Waals surface area contributed by atoms with Gasteiger partial charge < -0.3 is 15.2 Å². The maximum absolute atomic E-state index is 12.3. The van der Waals surface area contributed by atoms with Gasteiger partial charge in [0.05, 0.1) is 18.7 Å². The summed E-state index contributed by atoms with van der Waals surface area (Å²) in [6, 6.07) is 11.1. The van der Waals surface area contributed by atoms with E-state index in [1.165, 1.54) is 4.57 Å². The highest BCUT2D eigenvalue weighted by Gasteiger charge is 2.19. The molecular weight excluding hydrogens is 396 g/mol. The van der Waals surface area contributed by atoms with Crippen LogP contribution in [0, 0.1) is 20.8 Å². The summed E-state index contributed by atoms with van der Waals surface area (Å²) in [6.45, 7) is 7.73. The van der Waals surface area contributed by atoms with Crippen molar-refractivity contribution >= 4 is 34.2 Å². The molecule has 8 nitrogen and oxygen atoms in total. The molecule has 2 N–H and O–H groups in total. The smallest absolute Gasteiger partial charge is 0.326 e. The SMILES string of the molecule is CCOC(=O)Cn1c(O)c(N=NC(=O)CNc2c(C)cc(C)cc2C)c2ccccc21. The van der Waals surface area contributed by atoms with E-state index in [-0.39, 0.29) is 31.3 Å². The van der Waals surface area contributed by atoms with Crippen LogP contribution in [-0.4, -0.2) is 34.7 Å². The number of carbonyl (C=O) groups is 2. The molecule has 0 saturated heterocycles. The predicted molar refractivity (Wildman–Crippen MR) is 119 cm³/mol. The Morgan fingerprint density at radius 3 is 2.48 bits per heavy atom. The summed E-state index contributed by atoms with van der Waals surface area (Å²) in [5.41, 5.74) is 4.86. The number of fused-ring (bicyclic) bond motifs is 1. The molecule has 1 amide bonds. The molecule has 0 saturated carbocycles. The molecule has 0 aliphatic carbocycles. The van der Waals surface area contributed by atoms with Crippen LogP contribution in [0.5, 0.6) is 5.88 Å². The third-order valence-corrected chi connectivity index (χ3v) is 4.86. The Hall–Kier alpha value is -3.68. The lowest BCUT2D eigenvalue weighted by Gasteiger charge is -2.12. The molecule has 0 aliphatic rings. The molecule has 3 aromatic rings. The van der Waals surface area contributed by atoms with Gasteiger partial charge in [-0.2, -0.15) is 0 Å². The van der Waals surface area contributed by atoms with E-state index in [0.717, 1.165) is 22.4 Å². The maximum atomic E-state index is 12.3. The van der Waals surface area contributed by atoms with Crippen molar-refractivity contribution in [3.8, 4) is 5.88 Å². The normalized spacial score (nSPS) is 11.2. The summed E-state index contributed by atoms with van der Waals surface area (Å²) in [5, 5.41) is 22.1. The highest BCUT2D eigenvalue weighted by Crippen LogP contribution is 2.38. The third-order valence-electron chi connectivity index (χ3n) is 4.86. The third kappa shape index (κ3) is 4.91. The van der Waals surface area contributed by atoms with Crippen LogP contribution in [0.4, 0.5) is 11.4 Å². The van der Waals surface area contributed by atoms with Gasteiger partial charge in [0, 0.05) is 11.1 Å². The number of aromatic hydroxyl groups is 1. The topological polar surface area (TPSA) is 105 Å². The second-order valence-corrected chi connectivity index (χ2v) is 7.30. The Bertz CT molecular complexity index is 1140. The number of aryl methyl sites for hydroxylation is 3. The second-order valence-electron chi connectivity index (χ2n) is 7.30. The molecule has 8 heteroatoms. The predicted octanol–water partition coefficient (Wildman–Crippen LogP) is 4.56. The fourth-order valence-electron chi connectivity index (χ4n) is 3.63. The first-order valence-corrected chi connectivity index (χ1v) is 10.0. The number of rotatable bonds is 7. The van der Waals surface area contributed by atoms with Crippen LogP contribution in [0.1, 0.15) is 23.6 Å². The summed E-state index contributed by atoms with van der Waals surface area (Å²) in [6.07, 6.45) is 0. The molecule has 0 radical (unpaired) electrons. The molecule has 0 aliphatic heterocycles. The minimum absolute atomic E-state index is 0.0313. The molecule has 0 fully saturated rings. The van der Waals surface area contributed by atoms with E-state index in [4.69, 9.17) is 4.74 Å². The molecule has 0 bridgehead atoms. The highest BCUT2D eigenvalue weighted by atomic mass is 16.5. The average molecular weight is 422 g/mol. The number of benzene rings is 2. The van der Waals surface area contributed by atoms with Crippen molar-refractivity contribution in [2.75, 3.05) is 18.5 Å². The minimum atomic E-state index is -0.485. The van der Waals surface area contributed by atoms with Crippen molar-refractivity contribution < 1.29 is 19.4 Å². The second kappa shape index (κ2) is 9.42. The molecule has 31 heavy (non-hydrogen) atoms. The number of aromatic nitrogens is 1. The lowest BCUT2D eigenvalue weighted by molar-refractivity contribution is -0.143. The van der Waals surface area contributed by atoms with Crippen LogP contribution in [0.3, 0.4) is 0 Å². The van der Waals surface area contributed by atoms with E-state index in [9.17, 15) is 14.7 Å². The molecule has 0 unspecified atom stereocenters. The first kappa shape index (κ1) is 22.0. The van der Waals surface area contributed by atoms with Crippen LogP contribution >= 0.6 is 0 Å². The number of amides is 1. The number of para-hydroxylation sites is 1. The Balaban J connectivity index is 1.80. The number of carbonyl (C=O) groups excluding carboxylic acids is 2. The van der Waals surface area contributed by atoms with E-state index >= 15 is 0 Å². The maximum Gasteiger partial charge on any atom is 0.326 e. The Morgan fingerprint density at radius 1 is 1.13 bits per heavy atom. The van der Waals surface area contributed by atoms with Crippen molar-refractivity contribution in [1.82, 2.24) is 4.57 Å². The van der Waals surface area contributed by atoms with Crippen molar-refractivity contribution in [3.63, 3.8) is 0 Å². The van der Waals surface area contributed by atoms with E-state index < -0.39 is 11.9 Å². The highest BCUT2D eigenvalue weighted by molar-refractivity contribution is 5.96. The standard InChI is InChI=1S/C23H26N4O4/c1-5-31-20(29)13-27-18-9-7-6-8-17(18)22(23(27)30)26-25-19(28)12-24-21-15(3)10-14(2)11-16(21)4/h6-11,24,30H,5,12-13H2,1-4H3. The number of hydrogen-bond donors (Lipinski definition) is 2. The van der Waals surface area contributed by atoms with Gasteiger partial charge in [0.25, 0.3) is 5.91 Å². The quantitative estimate of drug-likeness (QED) is 0.429. The first-order valence-electron chi connectivity index (χ1n) is 10.0. The first-order chi connectivity index (χ1) is 14.8. The average Bonchev–Trinajstić information content (AvgIpc) is 2.97. The van der Waals surface area contributed by atoms with Gasteiger partial charge in [0.1, 0.15) is 6.54 Å². The number of hydrogen-bond acceptors (Lipinski definition) is 6. The molecule has 3 rings (SSSR count). The lowest BCUT2D eigenvalue weighted by atomic mass is 10.1. The molecule has 1 aromatic heterocycles. The Labute approximate surface area is 180 Å². The van der Waals surface area contributed by atoms with Crippen LogP contribution in [0.25, 0.3) is 10.9 Å².